The summed E-state index contributed by atoms with van der Waals surface area (Å²) in [6.45, 7) is 1.88. The molecule has 0 spiro atoms. The molecule has 3 N–H and O–H groups in total. The van der Waals surface area contributed by atoms with E-state index < -0.39 is 0 Å². The van der Waals surface area contributed by atoms with Crippen molar-refractivity contribution in [2.75, 3.05) is 5.73 Å². The Morgan fingerprint density at radius 2 is 2.24 bits per heavy atom. The lowest BCUT2D eigenvalue weighted by Gasteiger charge is -2.09. The van der Waals surface area contributed by atoms with Crippen LogP contribution in [0.25, 0.3) is 0 Å². The van der Waals surface area contributed by atoms with Gasteiger partial charge in [0.25, 0.3) is 5.56 Å². The number of nitrogens with one attached hydrogen (secondary N) is 1. The first-order valence-corrected chi connectivity index (χ1v) is 5.65. The van der Waals surface area contributed by atoms with Crippen LogP contribution in [0.5, 0.6) is 11.6 Å². The van der Waals surface area contributed by atoms with Gasteiger partial charge in [0.2, 0.25) is 5.88 Å². The van der Waals surface area contributed by atoms with E-state index in [2.05, 4.69) is 25.9 Å². The molecule has 0 saturated heterocycles. The lowest BCUT2D eigenvalue weighted by molar-refractivity contribution is 0.459. The molecule has 2 rings (SSSR count). The molecule has 0 bridgehead atoms. The molecule has 5 nitrogen and oxygen atoms in total. The average molecular weight is 296 g/mol. The van der Waals surface area contributed by atoms with Crippen molar-refractivity contribution in [2.24, 2.45) is 0 Å². The molecule has 0 atom stereocenters. The van der Waals surface area contributed by atoms with E-state index in [1.165, 1.54) is 6.33 Å². The molecular weight excluding hydrogens is 286 g/mol. The quantitative estimate of drug-likeness (QED) is 0.833. The number of halogens is 1. The first kappa shape index (κ1) is 11.7. The van der Waals surface area contributed by atoms with E-state index in [-0.39, 0.29) is 15.9 Å². The maximum Gasteiger partial charge on any atom is 0.268 e. The third-order valence-corrected chi connectivity index (χ3v) is 2.95. The molecular formula is C11H10BrN3O2. The van der Waals surface area contributed by atoms with Gasteiger partial charge in [0.05, 0.1) is 12.0 Å². The molecule has 1 heterocycles. The molecule has 88 valence electrons. The molecule has 0 radical (unpaired) electrons. The predicted molar refractivity (Wildman–Crippen MR) is 68.2 cm³/mol. The van der Waals surface area contributed by atoms with Crippen molar-refractivity contribution >= 4 is 21.6 Å². The zero-order valence-electron chi connectivity index (χ0n) is 9.03. The largest absolute Gasteiger partial charge is 0.435 e. The van der Waals surface area contributed by atoms with Crippen LogP contribution in [-0.2, 0) is 0 Å². The van der Waals surface area contributed by atoms with E-state index in [9.17, 15) is 4.79 Å². The second kappa shape index (κ2) is 4.58. The minimum absolute atomic E-state index is 0.186. The number of aromatic nitrogens is 2. The van der Waals surface area contributed by atoms with Gasteiger partial charge in [0, 0.05) is 0 Å². The minimum Gasteiger partial charge on any atom is -0.435 e. The Hall–Kier alpha value is -1.82. The van der Waals surface area contributed by atoms with Crippen molar-refractivity contribution in [3.8, 4) is 11.6 Å². The van der Waals surface area contributed by atoms with Crippen LogP contribution in [-0.4, -0.2) is 9.97 Å². The summed E-state index contributed by atoms with van der Waals surface area (Å²) in [5.74, 6) is 0.662. The number of nitrogens with zero attached hydrogens (tertiary/aromatic N) is 1. The lowest BCUT2D eigenvalue weighted by atomic mass is 10.2. The smallest absolute Gasteiger partial charge is 0.268 e. The molecule has 0 saturated carbocycles. The fourth-order valence-corrected chi connectivity index (χ4v) is 1.58. The highest BCUT2D eigenvalue weighted by molar-refractivity contribution is 9.10. The Bertz CT molecular complexity index is 610. The molecule has 0 aliphatic heterocycles. The third kappa shape index (κ3) is 2.31. The van der Waals surface area contributed by atoms with Gasteiger partial charge in [0.1, 0.15) is 4.47 Å². The van der Waals surface area contributed by atoms with E-state index in [0.717, 1.165) is 5.56 Å². The van der Waals surface area contributed by atoms with Gasteiger partial charge in [-0.2, -0.15) is 0 Å². The van der Waals surface area contributed by atoms with Gasteiger partial charge in [-0.15, -0.1) is 0 Å². The summed E-state index contributed by atoms with van der Waals surface area (Å²) in [6.07, 6.45) is 1.27. The maximum atomic E-state index is 11.3. The summed E-state index contributed by atoms with van der Waals surface area (Å²) in [6, 6.07) is 5.42. The van der Waals surface area contributed by atoms with Crippen LogP contribution in [0, 0.1) is 6.92 Å². The molecule has 0 aliphatic carbocycles. The first-order valence-electron chi connectivity index (χ1n) is 4.85. The summed E-state index contributed by atoms with van der Waals surface area (Å²) in [4.78, 5) is 17.7. The number of ether oxygens (including phenoxy) is 1. The Morgan fingerprint density at radius 1 is 1.47 bits per heavy atom. The Balaban J connectivity index is 2.42. The molecule has 17 heavy (non-hydrogen) atoms. The van der Waals surface area contributed by atoms with Gasteiger partial charge in [-0.05, 0) is 34.5 Å². The van der Waals surface area contributed by atoms with Crippen LogP contribution >= 0.6 is 15.9 Å². The highest BCUT2D eigenvalue weighted by atomic mass is 79.9. The van der Waals surface area contributed by atoms with E-state index in [4.69, 9.17) is 10.5 Å². The lowest BCUT2D eigenvalue weighted by Crippen LogP contribution is -2.08. The molecule has 0 aliphatic rings. The number of anilines is 1. The van der Waals surface area contributed by atoms with Crippen LogP contribution in [0.2, 0.25) is 0 Å². The minimum atomic E-state index is -0.304. The third-order valence-electron chi connectivity index (χ3n) is 2.26. The summed E-state index contributed by atoms with van der Waals surface area (Å²) >= 11 is 3.11. The zero-order chi connectivity index (χ0) is 12.4. The van der Waals surface area contributed by atoms with Crippen molar-refractivity contribution in [2.45, 2.75) is 6.92 Å². The number of nitrogens with two attached hydrogens (primary N) is 1. The second-order valence-corrected chi connectivity index (χ2v) is 4.23. The molecule has 2 aromatic rings. The van der Waals surface area contributed by atoms with Gasteiger partial charge in [-0.1, -0.05) is 12.1 Å². The number of rotatable bonds is 2. The van der Waals surface area contributed by atoms with Crippen molar-refractivity contribution in [3.63, 3.8) is 0 Å². The van der Waals surface area contributed by atoms with Crippen molar-refractivity contribution in [3.05, 3.63) is 44.9 Å². The Kier molecular flexibility index (Phi) is 3.14. The highest BCUT2D eigenvalue weighted by Crippen LogP contribution is 2.30. The SMILES string of the molecule is Cc1cccc(Oc2nc[nH]c(=O)c2Br)c1N. The summed E-state index contributed by atoms with van der Waals surface area (Å²) in [7, 11) is 0. The van der Waals surface area contributed by atoms with Crippen LogP contribution in [0.1, 0.15) is 5.56 Å². The van der Waals surface area contributed by atoms with E-state index in [0.29, 0.717) is 11.4 Å². The second-order valence-electron chi connectivity index (χ2n) is 3.44. The summed E-state index contributed by atoms with van der Waals surface area (Å²) in [5, 5.41) is 0. The zero-order valence-corrected chi connectivity index (χ0v) is 10.6. The monoisotopic (exact) mass is 295 g/mol. The average Bonchev–Trinajstić information content (AvgIpc) is 2.31. The van der Waals surface area contributed by atoms with Gasteiger partial charge in [0.15, 0.2) is 5.75 Å². The number of hydrogen-bond acceptors (Lipinski definition) is 4. The van der Waals surface area contributed by atoms with Crippen LogP contribution in [0.4, 0.5) is 5.69 Å². The van der Waals surface area contributed by atoms with Crippen LogP contribution in [0.3, 0.4) is 0 Å². The topological polar surface area (TPSA) is 81.0 Å². The Morgan fingerprint density at radius 3 is 3.00 bits per heavy atom. The van der Waals surface area contributed by atoms with Gasteiger partial charge >= 0.3 is 0 Å². The molecule has 0 amide bonds. The highest BCUT2D eigenvalue weighted by Gasteiger charge is 2.10. The van der Waals surface area contributed by atoms with Crippen molar-refractivity contribution < 1.29 is 4.74 Å². The summed E-state index contributed by atoms with van der Waals surface area (Å²) in [5.41, 5.74) is 7.00. The van der Waals surface area contributed by atoms with Gasteiger partial charge < -0.3 is 15.5 Å². The fourth-order valence-electron chi connectivity index (χ4n) is 1.28. The standard InChI is InChI=1S/C11H10BrN3O2/c1-6-3-2-4-7(9(6)13)17-11-8(12)10(16)14-5-15-11/h2-5H,13H2,1H3,(H,14,15,16). The first-order chi connectivity index (χ1) is 8.09. The number of para-hydroxylation sites is 1. The van der Waals surface area contributed by atoms with Gasteiger partial charge in [-0.3, -0.25) is 4.79 Å². The predicted octanol–water partition coefficient (Wildman–Crippen LogP) is 2.22. The molecule has 6 heteroatoms. The fraction of sp³-hybridized carbons (Fsp3) is 0.0909. The Labute approximate surface area is 106 Å². The van der Waals surface area contributed by atoms with E-state index in [1.54, 1.807) is 6.07 Å². The number of aromatic amines is 1. The van der Waals surface area contributed by atoms with E-state index in [1.807, 2.05) is 19.1 Å². The van der Waals surface area contributed by atoms with Gasteiger partial charge in [-0.25, -0.2) is 4.98 Å². The number of benzene rings is 1. The molecule has 0 unspecified atom stereocenters. The van der Waals surface area contributed by atoms with Crippen molar-refractivity contribution in [1.82, 2.24) is 9.97 Å². The number of aryl methyl sites for hydroxylation is 1. The molecule has 0 fully saturated rings. The molecule has 1 aromatic heterocycles. The summed E-state index contributed by atoms with van der Waals surface area (Å²) < 4.78 is 5.74. The number of H-pyrrole nitrogens is 1. The van der Waals surface area contributed by atoms with E-state index >= 15 is 0 Å². The maximum absolute atomic E-state index is 11.3. The van der Waals surface area contributed by atoms with Crippen LogP contribution in [0.15, 0.2) is 33.8 Å². The van der Waals surface area contributed by atoms with Crippen LogP contribution < -0.4 is 16.0 Å². The normalized spacial score (nSPS) is 10.2. The van der Waals surface area contributed by atoms with Crippen molar-refractivity contribution in [1.29, 1.82) is 0 Å². The molecule has 1 aromatic carbocycles. The number of hydrogen-bond donors (Lipinski definition) is 2. The number of nitrogen functional groups attached to an aromatic ring is 1.